The van der Waals surface area contributed by atoms with E-state index in [1.54, 1.807) is 0 Å². The van der Waals surface area contributed by atoms with Gasteiger partial charge in [-0.1, -0.05) is 24.3 Å². The van der Waals surface area contributed by atoms with Crippen LogP contribution < -0.4 is 10.1 Å². The normalized spacial score (nSPS) is 10.3. The van der Waals surface area contributed by atoms with Gasteiger partial charge in [0, 0.05) is 6.54 Å². The summed E-state index contributed by atoms with van der Waals surface area (Å²) >= 11 is 0. The summed E-state index contributed by atoms with van der Waals surface area (Å²) in [5.41, 5.74) is 3.93. The first-order valence-corrected chi connectivity index (χ1v) is 6.86. The lowest BCUT2D eigenvalue weighted by atomic mass is 10.1. The Morgan fingerprint density at radius 2 is 1.75 bits per heavy atom. The Hall–Kier alpha value is -2.16. The van der Waals surface area contributed by atoms with Gasteiger partial charge in [0.1, 0.15) is 11.5 Å². The predicted molar refractivity (Wildman–Crippen MR) is 82.5 cm³/mol. The minimum absolute atomic E-state index is 0.378. The molecule has 0 amide bonds. The third-order valence-electron chi connectivity index (χ3n) is 3.22. The van der Waals surface area contributed by atoms with Gasteiger partial charge >= 0.3 is 0 Å². The van der Waals surface area contributed by atoms with Crippen molar-refractivity contribution in [2.24, 2.45) is 0 Å². The van der Waals surface area contributed by atoms with Gasteiger partial charge in [0.25, 0.3) is 0 Å². The van der Waals surface area contributed by atoms with Crippen molar-refractivity contribution in [1.82, 2.24) is 0 Å². The highest BCUT2D eigenvalue weighted by Crippen LogP contribution is 2.26. The number of ether oxygens (including phenoxy) is 1. The van der Waals surface area contributed by atoms with Crippen LogP contribution >= 0.6 is 0 Å². The molecule has 0 atom stereocenters. The van der Waals surface area contributed by atoms with E-state index in [0.29, 0.717) is 18.9 Å². The number of benzene rings is 2. The Morgan fingerprint density at radius 3 is 2.40 bits per heavy atom. The predicted octanol–water partition coefficient (Wildman–Crippen LogP) is 4.02. The SMILES string of the molecule is CCOc1ccccc1NCc1cc(C)c(O)c(C)c1. The molecular weight excluding hydrogens is 250 g/mol. The summed E-state index contributed by atoms with van der Waals surface area (Å²) in [5, 5.41) is 13.2. The second-order valence-electron chi connectivity index (χ2n) is 4.86. The van der Waals surface area contributed by atoms with E-state index in [2.05, 4.69) is 5.32 Å². The molecule has 0 radical (unpaired) electrons. The number of nitrogens with one attached hydrogen (secondary N) is 1. The van der Waals surface area contributed by atoms with Crippen molar-refractivity contribution in [3.8, 4) is 11.5 Å². The molecule has 0 bridgehead atoms. The minimum atomic E-state index is 0.378. The minimum Gasteiger partial charge on any atom is -0.507 e. The molecule has 0 aromatic heterocycles. The number of phenolic OH excluding ortho intramolecular Hbond substituents is 1. The average molecular weight is 271 g/mol. The van der Waals surface area contributed by atoms with Crippen LogP contribution in [0.5, 0.6) is 11.5 Å². The molecule has 0 aliphatic heterocycles. The van der Waals surface area contributed by atoms with Gasteiger partial charge in [0.05, 0.1) is 12.3 Å². The van der Waals surface area contributed by atoms with E-state index in [0.717, 1.165) is 28.1 Å². The summed E-state index contributed by atoms with van der Waals surface area (Å²) in [4.78, 5) is 0. The van der Waals surface area contributed by atoms with Gasteiger partial charge in [-0.15, -0.1) is 0 Å². The molecule has 0 unspecified atom stereocenters. The summed E-state index contributed by atoms with van der Waals surface area (Å²) in [5.74, 6) is 1.24. The molecule has 106 valence electrons. The van der Waals surface area contributed by atoms with Crippen molar-refractivity contribution in [3.05, 3.63) is 53.1 Å². The topological polar surface area (TPSA) is 41.5 Å². The van der Waals surface area contributed by atoms with Gasteiger partial charge < -0.3 is 15.2 Å². The Kier molecular flexibility index (Phi) is 4.51. The number of phenols is 1. The first kappa shape index (κ1) is 14.3. The third kappa shape index (κ3) is 3.23. The number of hydrogen-bond acceptors (Lipinski definition) is 3. The van der Waals surface area contributed by atoms with Crippen LogP contribution in [0.1, 0.15) is 23.6 Å². The second kappa shape index (κ2) is 6.33. The zero-order chi connectivity index (χ0) is 14.5. The molecule has 0 spiro atoms. The maximum atomic E-state index is 9.79. The van der Waals surface area contributed by atoms with Crippen LogP contribution in [-0.2, 0) is 6.54 Å². The van der Waals surface area contributed by atoms with Gasteiger partial charge in [-0.25, -0.2) is 0 Å². The van der Waals surface area contributed by atoms with Gasteiger partial charge in [0.15, 0.2) is 0 Å². The third-order valence-corrected chi connectivity index (χ3v) is 3.22. The highest BCUT2D eigenvalue weighted by molar-refractivity contribution is 5.56. The van der Waals surface area contributed by atoms with E-state index in [4.69, 9.17) is 4.74 Å². The molecule has 20 heavy (non-hydrogen) atoms. The van der Waals surface area contributed by atoms with E-state index >= 15 is 0 Å². The molecule has 2 aromatic rings. The van der Waals surface area contributed by atoms with Crippen molar-refractivity contribution in [2.45, 2.75) is 27.3 Å². The number of aromatic hydroxyl groups is 1. The van der Waals surface area contributed by atoms with Crippen molar-refractivity contribution in [3.63, 3.8) is 0 Å². The highest BCUT2D eigenvalue weighted by atomic mass is 16.5. The van der Waals surface area contributed by atoms with Crippen LogP contribution in [0.4, 0.5) is 5.69 Å². The van der Waals surface area contributed by atoms with Crippen LogP contribution in [0, 0.1) is 13.8 Å². The molecule has 3 nitrogen and oxygen atoms in total. The lowest BCUT2D eigenvalue weighted by Crippen LogP contribution is -2.03. The molecular formula is C17H21NO2. The second-order valence-corrected chi connectivity index (χ2v) is 4.86. The standard InChI is InChI=1S/C17H21NO2/c1-4-20-16-8-6-5-7-15(16)18-11-14-9-12(2)17(19)13(3)10-14/h5-10,18-19H,4,11H2,1-3H3. The van der Waals surface area contributed by atoms with Crippen LogP contribution in [0.3, 0.4) is 0 Å². The van der Waals surface area contributed by atoms with Crippen LogP contribution in [0.25, 0.3) is 0 Å². The molecule has 0 saturated carbocycles. The molecule has 0 fully saturated rings. The molecule has 0 saturated heterocycles. The quantitative estimate of drug-likeness (QED) is 0.863. The van der Waals surface area contributed by atoms with Gasteiger partial charge in [-0.2, -0.15) is 0 Å². The average Bonchev–Trinajstić information content (AvgIpc) is 2.44. The molecule has 2 rings (SSSR count). The van der Waals surface area contributed by atoms with Crippen molar-refractivity contribution < 1.29 is 9.84 Å². The van der Waals surface area contributed by atoms with Gasteiger partial charge in [-0.3, -0.25) is 0 Å². The number of aryl methyl sites for hydroxylation is 2. The van der Waals surface area contributed by atoms with Crippen LogP contribution in [0.2, 0.25) is 0 Å². The molecule has 0 aliphatic rings. The lowest BCUT2D eigenvalue weighted by Gasteiger charge is -2.13. The summed E-state index contributed by atoms with van der Waals surface area (Å²) in [6.45, 7) is 7.16. The number of rotatable bonds is 5. The summed E-state index contributed by atoms with van der Waals surface area (Å²) in [6.07, 6.45) is 0. The smallest absolute Gasteiger partial charge is 0.142 e. The van der Waals surface area contributed by atoms with Crippen LogP contribution in [0.15, 0.2) is 36.4 Å². The van der Waals surface area contributed by atoms with E-state index in [1.165, 1.54) is 0 Å². The summed E-state index contributed by atoms with van der Waals surface area (Å²) < 4.78 is 5.59. The van der Waals surface area contributed by atoms with E-state index in [9.17, 15) is 5.11 Å². The molecule has 0 heterocycles. The lowest BCUT2D eigenvalue weighted by molar-refractivity contribution is 0.341. The Labute approximate surface area is 120 Å². The van der Waals surface area contributed by atoms with Gasteiger partial charge in [-0.05, 0) is 49.6 Å². The fourth-order valence-electron chi connectivity index (χ4n) is 2.24. The van der Waals surface area contributed by atoms with Gasteiger partial charge in [0.2, 0.25) is 0 Å². The van der Waals surface area contributed by atoms with E-state index in [1.807, 2.05) is 57.2 Å². The first-order chi connectivity index (χ1) is 9.61. The molecule has 2 N–H and O–H groups in total. The summed E-state index contributed by atoms with van der Waals surface area (Å²) in [7, 11) is 0. The Morgan fingerprint density at radius 1 is 1.10 bits per heavy atom. The molecule has 2 aromatic carbocycles. The van der Waals surface area contributed by atoms with E-state index < -0.39 is 0 Å². The largest absolute Gasteiger partial charge is 0.507 e. The number of anilines is 1. The first-order valence-electron chi connectivity index (χ1n) is 6.86. The van der Waals surface area contributed by atoms with Crippen LogP contribution in [-0.4, -0.2) is 11.7 Å². The van der Waals surface area contributed by atoms with Crippen molar-refractivity contribution in [1.29, 1.82) is 0 Å². The highest BCUT2D eigenvalue weighted by Gasteiger charge is 2.05. The Balaban J connectivity index is 2.13. The molecule has 0 aliphatic carbocycles. The van der Waals surface area contributed by atoms with Crippen molar-refractivity contribution >= 4 is 5.69 Å². The number of hydrogen-bond donors (Lipinski definition) is 2. The fourth-order valence-corrected chi connectivity index (χ4v) is 2.24. The fraction of sp³-hybridized carbons (Fsp3) is 0.294. The maximum Gasteiger partial charge on any atom is 0.142 e. The molecule has 3 heteroatoms. The maximum absolute atomic E-state index is 9.79. The van der Waals surface area contributed by atoms with E-state index in [-0.39, 0.29) is 0 Å². The monoisotopic (exact) mass is 271 g/mol. The Bertz CT molecular complexity index is 570. The zero-order valence-corrected chi connectivity index (χ0v) is 12.2. The van der Waals surface area contributed by atoms with Crippen molar-refractivity contribution in [2.75, 3.05) is 11.9 Å². The number of para-hydroxylation sites is 2. The zero-order valence-electron chi connectivity index (χ0n) is 12.2. The summed E-state index contributed by atoms with van der Waals surface area (Å²) in [6, 6.07) is 11.9.